The van der Waals surface area contributed by atoms with Crippen LogP contribution < -0.4 is 21.6 Å². The number of benzene rings is 1. The van der Waals surface area contributed by atoms with Gasteiger partial charge in [0, 0.05) is 47.8 Å². The number of rotatable bonds is 8. The van der Waals surface area contributed by atoms with Gasteiger partial charge in [0.05, 0.1) is 39.5 Å². The molecule has 2 aliphatic rings. The molecule has 5 rings (SSSR count). The van der Waals surface area contributed by atoms with Gasteiger partial charge < -0.3 is 16.1 Å². The normalized spacial score (nSPS) is 16.6. The topological polar surface area (TPSA) is 125 Å². The van der Waals surface area contributed by atoms with Crippen LogP contribution in [0.1, 0.15) is 62.0 Å². The van der Waals surface area contributed by atoms with E-state index in [9.17, 15) is 28.1 Å². The Labute approximate surface area is 246 Å². The second kappa shape index (κ2) is 10.9. The second-order valence-corrected chi connectivity index (χ2v) is 12.2. The molecule has 0 amide bonds. The number of nitrogens with zero attached hydrogens (tertiary/aromatic N) is 5. The van der Waals surface area contributed by atoms with Gasteiger partial charge in [-0.1, -0.05) is 26.8 Å². The van der Waals surface area contributed by atoms with Crippen LogP contribution in [0.2, 0.25) is 0 Å². The average molecular weight is 594 g/mol. The molecule has 0 saturated heterocycles. The molecule has 0 bridgehead atoms. The predicted octanol–water partition coefficient (Wildman–Crippen LogP) is 5.94. The van der Waals surface area contributed by atoms with Crippen LogP contribution in [0.15, 0.2) is 42.4 Å². The number of nitrogens with one attached hydrogen (secondary N) is 4. The zero-order valence-corrected chi connectivity index (χ0v) is 24.1. The molecule has 0 spiro atoms. The van der Waals surface area contributed by atoms with E-state index in [0.29, 0.717) is 51.3 Å². The van der Waals surface area contributed by atoms with Crippen LogP contribution in [-0.2, 0) is 0 Å². The molecule has 43 heavy (non-hydrogen) atoms. The SMILES string of the molecule is Cc1nc(F)ccc1[C@H](Nc1cc(C#N)c2ncc(C#N)c(NCC(C)(C)C)c2c1)C1=CN(CC2(C(F)(F)F)CC2)NN1. The summed E-state index contributed by atoms with van der Waals surface area (Å²) in [5.74, 6) is -0.670. The summed E-state index contributed by atoms with van der Waals surface area (Å²) in [6.07, 6.45) is -1.24. The number of anilines is 2. The molecule has 0 radical (unpaired) electrons. The first kappa shape index (κ1) is 29.9. The van der Waals surface area contributed by atoms with Crippen LogP contribution in [0.25, 0.3) is 10.9 Å². The van der Waals surface area contributed by atoms with Crippen LogP contribution in [0.5, 0.6) is 0 Å². The highest BCUT2D eigenvalue weighted by atomic mass is 19.4. The molecule has 224 valence electrons. The molecule has 1 atom stereocenters. The van der Waals surface area contributed by atoms with Gasteiger partial charge in [0.2, 0.25) is 5.95 Å². The largest absolute Gasteiger partial charge is 0.396 e. The van der Waals surface area contributed by atoms with Crippen molar-refractivity contribution < 1.29 is 17.6 Å². The molecule has 1 aliphatic heterocycles. The highest BCUT2D eigenvalue weighted by Crippen LogP contribution is 2.58. The first-order chi connectivity index (χ1) is 20.2. The smallest absolute Gasteiger partial charge is 0.383 e. The van der Waals surface area contributed by atoms with Crippen molar-refractivity contribution in [3.63, 3.8) is 0 Å². The first-order valence-corrected chi connectivity index (χ1v) is 13.7. The number of pyridine rings is 2. The van der Waals surface area contributed by atoms with Crippen molar-refractivity contribution in [2.45, 2.75) is 52.8 Å². The third kappa shape index (κ3) is 6.13. The molecule has 3 aromatic rings. The fraction of sp³-hybridized carbons (Fsp3) is 0.400. The van der Waals surface area contributed by atoms with Gasteiger partial charge in [0.25, 0.3) is 0 Å². The van der Waals surface area contributed by atoms with E-state index in [0.717, 1.165) is 0 Å². The van der Waals surface area contributed by atoms with E-state index in [1.807, 2.05) is 20.8 Å². The van der Waals surface area contributed by atoms with E-state index < -0.39 is 23.6 Å². The Kier molecular flexibility index (Phi) is 7.57. The Morgan fingerprint density at radius 2 is 1.84 bits per heavy atom. The number of fused-ring (bicyclic) bond motifs is 1. The number of nitriles is 2. The molecule has 1 aromatic carbocycles. The number of aromatic nitrogens is 2. The lowest BCUT2D eigenvalue weighted by atomic mass is 9.96. The zero-order chi connectivity index (χ0) is 31.2. The fourth-order valence-corrected chi connectivity index (χ4v) is 5.05. The summed E-state index contributed by atoms with van der Waals surface area (Å²) in [7, 11) is 0. The van der Waals surface area contributed by atoms with E-state index in [2.05, 4.69) is 43.7 Å². The maximum Gasteiger partial charge on any atom is 0.396 e. The highest BCUT2D eigenvalue weighted by Gasteiger charge is 2.63. The number of hydrogen-bond acceptors (Lipinski definition) is 9. The molecule has 9 nitrogen and oxygen atoms in total. The first-order valence-electron chi connectivity index (χ1n) is 13.7. The third-order valence-electron chi connectivity index (χ3n) is 7.60. The van der Waals surface area contributed by atoms with E-state index in [-0.39, 0.29) is 30.4 Å². The molecule has 13 heteroatoms. The third-order valence-corrected chi connectivity index (χ3v) is 7.60. The molecule has 1 fully saturated rings. The predicted molar refractivity (Wildman–Crippen MR) is 153 cm³/mol. The van der Waals surface area contributed by atoms with Gasteiger partial charge in [-0.3, -0.25) is 9.99 Å². The van der Waals surface area contributed by atoms with E-state index in [1.165, 1.54) is 17.3 Å². The summed E-state index contributed by atoms with van der Waals surface area (Å²) in [5.41, 5.74) is 7.25. The van der Waals surface area contributed by atoms with Gasteiger partial charge in [-0.25, -0.2) is 4.98 Å². The average Bonchev–Trinajstić information content (AvgIpc) is 3.59. The van der Waals surface area contributed by atoms with Crippen molar-refractivity contribution in [3.05, 3.63) is 70.7 Å². The summed E-state index contributed by atoms with van der Waals surface area (Å²) in [6, 6.07) is 9.73. The maximum absolute atomic E-state index is 14.0. The molecule has 2 aromatic heterocycles. The molecule has 0 unspecified atom stereocenters. The number of alkyl halides is 3. The van der Waals surface area contributed by atoms with Crippen LogP contribution in [0.4, 0.5) is 28.9 Å². The zero-order valence-electron chi connectivity index (χ0n) is 24.1. The summed E-state index contributed by atoms with van der Waals surface area (Å²) >= 11 is 0. The minimum absolute atomic E-state index is 0.0544. The summed E-state index contributed by atoms with van der Waals surface area (Å²) in [6.45, 7) is 8.04. The quantitative estimate of drug-likeness (QED) is 0.186. The van der Waals surface area contributed by atoms with Gasteiger partial charge in [-0.15, -0.1) is 5.53 Å². The summed E-state index contributed by atoms with van der Waals surface area (Å²) in [4.78, 5) is 8.32. The van der Waals surface area contributed by atoms with E-state index in [1.54, 1.807) is 31.3 Å². The molecule has 1 aliphatic carbocycles. The summed E-state index contributed by atoms with van der Waals surface area (Å²) < 4.78 is 54.9. The van der Waals surface area contributed by atoms with Crippen molar-refractivity contribution >= 4 is 22.3 Å². The molecular formula is C30H31F4N9. The summed E-state index contributed by atoms with van der Waals surface area (Å²) in [5, 5.41) is 28.4. The lowest BCUT2D eigenvalue weighted by Gasteiger charge is -2.24. The molecule has 1 saturated carbocycles. The lowest BCUT2D eigenvalue weighted by molar-refractivity contribution is -0.191. The Balaban J connectivity index is 1.57. The molecule has 4 N–H and O–H groups in total. The van der Waals surface area contributed by atoms with Gasteiger partial charge in [0.15, 0.2) is 0 Å². The minimum Gasteiger partial charge on any atom is -0.383 e. The Morgan fingerprint density at radius 1 is 1.12 bits per heavy atom. The standard InChI is InChI=1S/C30H31F4N9/c1-17-21(5-6-24(31)39-17)27(23-14-43(42-41-23)16-29(7-8-29)30(32,33)34)40-20-9-18(11-35)25-22(10-20)26(19(12-36)13-37-25)38-15-28(2,3)4/h5-6,9-10,13-14,27,40-42H,7-8,15-16H2,1-4H3,(H,37,38)/t27-/m0/s1. The van der Waals surface area contributed by atoms with Gasteiger partial charge >= 0.3 is 6.18 Å². The molecule has 3 heterocycles. The second-order valence-electron chi connectivity index (χ2n) is 12.2. The Hall–Kier alpha value is -4.62. The Morgan fingerprint density at radius 3 is 2.44 bits per heavy atom. The van der Waals surface area contributed by atoms with Crippen LogP contribution in [0.3, 0.4) is 0 Å². The molecular weight excluding hydrogens is 562 g/mol. The highest BCUT2D eigenvalue weighted by molar-refractivity contribution is 5.99. The fourth-order valence-electron chi connectivity index (χ4n) is 5.05. The number of hydrogen-bond donors (Lipinski definition) is 4. The number of hydrazine groups is 2. The maximum atomic E-state index is 14.0. The van der Waals surface area contributed by atoms with Crippen molar-refractivity contribution in [2.24, 2.45) is 10.8 Å². The number of halogens is 4. The van der Waals surface area contributed by atoms with Crippen molar-refractivity contribution in [1.82, 2.24) is 25.9 Å². The van der Waals surface area contributed by atoms with Crippen LogP contribution >= 0.6 is 0 Å². The monoisotopic (exact) mass is 593 g/mol. The van der Waals surface area contributed by atoms with Gasteiger partial charge in [-0.05, 0) is 43.4 Å². The Bertz CT molecular complexity index is 1670. The number of aryl methyl sites for hydroxylation is 1. The van der Waals surface area contributed by atoms with Crippen LogP contribution in [0, 0.1) is 46.4 Å². The lowest BCUT2D eigenvalue weighted by Crippen LogP contribution is -2.44. The van der Waals surface area contributed by atoms with Crippen molar-refractivity contribution in [2.75, 3.05) is 23.7 Å². The van der Waals surface area contributed by atoms with Gasteiger partial charge in [-0.2, -0.15) is 28.1 Å². The van der Waals surface area contributed by atoms with Crippen LogP contribution in [-0.4, -0.2) is 34.2 Å². The van der Waals surface area contributed by atoms with Crippen molar-refractivity contribution in [3.8, 4) is 12.1 Å². The van der Waals surface area contributed by atoms with E-state index >= 15 is 0 Å². The van der Waals surface area contributed by atoms with Crippen molar-refractivity contribution in [1.29, 1.82) is 10.5 Å². The van der Waals surface area contributed by atoms with E-state index in [4.69, 9.17) is 0 Å². The van der Waals surface area contributed by atoms with Gasteiger partial charge in [0.1, 0.15) is 12.1 Å². The minimum atomic E-state index is -4.33.